The third-order valence-electron chi connectivity index (χ3n) is 23.7. The number of benzene rings is 6. The second kappa shape index (κ2) is 51.2. The number of hydrazine groups is 1. The van der Waals surface area contributed by atoms with Crippen LogP contribution in [0.25, 0.3) is 44.5 Å². The third-order valence-corrected chi connectivity index (χ3v) is 26.1. The van der Waals surface area contributed by atoms with E-state index in [0.29, 0.717) is 177 Å². The maximum absolute atomic E-state index is 12.8. The van der Waals surface area contributed by atoms with Crippen LogP contribution in [0.15, 0.2) is 195 Å². The second-order valence-electron chi connectivity index (χ2n) is 34.0. The molecule has 6 aromatic heterocycles. The Morgan fingerprint density at radius 2 is 0.764 bits per heavy atom. The van der Waals surface area contributed by atoms with Crippen LogP contribution in [-0.2, 0) is 45.4 Å². The van der Waals surface area contributed by atoms with E-state index >= 15 is 0 Å². The lowest BCUT2D eigenvalue weighted by molar-refractivity contribution is -0.384. The molecule has 0 atom stereocenters. The highest BCUT2D eigenvalue weighted by Crippen LogP contribution is 2.44. The number of amides is 8. The Bertz CT molecular complexity index is 6670. The molecule has 3 fully saturated rings. The number of piperazine rings is 3. The number of rotatable bonds is 30. The minimum absolute atomic E-state index is 0.0221. The maximum Gasteiger partial charge on any atom is 0.311 e. The van der Waals surface area contributed by atoms with E-state index in [1.54, 1.807) is 125 Å². The lowest BCUT2D eigenvalue weighted by Gasteiger charge is -2.32. The molecule has 8 amide bonds. The van der Waals surface area contributed by atoms with Gasteiger partial charge in [-0.05, 0) is 145 Å². The van der Waals surface area contributed by atoms with E-state index < -0.39 is 9.85 Å². The van der Waals surface area contributed by atoms with Gasteiger partial charge in [0.1, 0.15) is 11.0 Å². The van der Waals surface area contributed by atoms with Gasteiger partial charge in [-0.25, -0.2) is 9.97 Å². The Morgan fingerprint density at radius 3 is 1.10 bits per heavy atom. The molecule has 12 aromatic rings. The molecule has 0 bridgehead atoms. The number of aromatic nitrogens is 6. The van der Waals surface area contributed by atoms with Crippen molar-refractivity contribution in [2.75, 3.05) is 170 Å². The average Bonchev–Trinajstić information content (AvgIpc) is 1.74. The number of aliphatic hydroxyl groups is 1. The van der Waals surface area contributed by atoms with Crippen molar-refractivity contribution in [3.05, 3.63) is 283 Å². The molecule has 5 aliphatic rings. The van der Waals surface area contributed by atoms with Crippen molar-refractivity contribution in [3.63, 3.8) is 0 Å². The van der Waals surface area contributed by atoms with Crippen molar-refractivity contribution in [2.24, 2.45) is 17.4 Å². The smallest absolute Gasteiger partial charge is 0.311 e. The second-order valence-corrected chi connectivity index (χ2v) is 37.7. The van der Waals surface area contributed by atoms with Gasteiger partial charge in [0.05, 0.1) is 108 Å². The van der Waals surface area contributed by atoms with Crippen LogP contribution in [0.4, 0.5) is 51.6 Å². The molecule has 17 rings (SSSR count). The molecule has 0 spiro atoms. The van der Waals surface area contributed by atoms with Gasteiger partial charge in [-0.3, -0.25) is 99.7 Å². The van der Waals surface area contributed by atoms with Crippen molar-refractivity contribution < 1.29 is 53.3 Å². The van der Waals surface area contributed by atoms with Crippen LogP contribution in [-0.4, -0.2) is 253 Å². The first kappa shape index (κ1) is 110. The number of nitrogens with one attached hydrogen (secondary N) is 2. The summed E-state index contributed by atoms with van der Waals surface area (Å²) in [6.07, 6.45) is 18.3. The van der Waals surface area contributed by atoms with Crippen molar-refractivity contribution in [1.29, 1.82) is 0 Å². The van der Waals surface area contributed by atoms with E-state index in [0.717, 1.165) is 95.0 Å². The van der Waals surface area contributed by atoms with E-state index in [-0.39, 0.29) is 95.1 Å². The number of hydrogen-bond donors (Lipinski definition) is 8. The molecule has 3 saturated heterocycles. The number of nitro groups is 2. The minimum atomic E-state index is -0.612. The maximum atomic E-state index is 12.8. The molecule has 37 nitrogen and oxygen atoms in total. The summed E-state index contributed by atoms with van der Waals surface area (Å²) in [6.45, 7) is 10.1. The molecule has 758 valence electrons. The number of carbonyl (C=O) groups excluding carboxylic acids is 8. The fourth-order valence-electron chi connectivity index (χ4n) is 16.5. The number of aliphatic hydroxyl groups excluding tert-OH is 1. The predicted molar refractivity (Wildman–Crippen MR) is 566 cm³/mol. The number of halogens is 9. The normalized spacial score (nSPS) is 14.2. The van der Waals surface area contributed by atoms with Crippen molar-refractivity contribution in [1.82, 2.24) is 57.6 Å². The fourth-order valence-corrected chi connectivity index (χ4v) is 18.7. The van der Waals surface area contributed by atoms with Gasteiger partial charge in [-0.1, -0.05) is 153 Å². The number of nitrogens with zero attached hydrogens (tertiary/aromatic N) is 17. The molecule has 11 heterocycles. The van der Waals surface area contributed by atoms with Crippen LogP contribution in [0.5, 0.6) is 0 Å². The number of nitrogens with two attached hydrogens (primary N) is 5. The highest BCUT2D eigenvalue weighted by Gasteiger charge is 2.38. The molecule has 13 N–H and O–H groups in total. The monoisotopic (exact) mass is 2140 g/mol. The molecular weight excluding hydrogens is 2040 g/mol. The quantitative estimate of drug-likeness (QED) is 0.00517. The van der Waals surface area contributed by atoms with E-state index in [1.165, 1.54) is 34.1 Å². The first-order valence-corrected chi connectivity index (χ1v) is 48.7. The molecule has 6 aromatic carbocycles. The van der Waals surface area contributed by atoms with Gasteiger partial charge >= 0.3 is 11.4 Å². The predicted octanol–water partition coefficient (Wildman–Crippen LogP) is 15.7. The number of aryl methyl sites for hydroxylation is 4. The average molecular weight is 2150 g/mol. The van der Waals surface area contributed by atoms with Gasteiger partial charge in [0.25, 0.3) is 23.6 Å². The van der Waals surface area contributed by atoms with Gasteiger partial charge in [0, 0.05) is 218 Å². The van der Waals surface area contributed by atoms with Gasteiger partial charge < -0.3 is 65.9 Å². The zero-order valence-electron chi connectivity index (χ0n) is 78.7. The van der Waals surface area contributed by atoms with E-state index in [4.69, 9.17) is 127 Å². The van der Waals surface area contributed by atoms with Crippen molar-refractivity contribution >= 4 is 203 Å². The van der Waals surface area contributed by atoms with Crippen LogP contribution in [0.2, 0.25) is 45.3 Å². The molecule has 0 saturated carbocycles. The minimum Gasteiger partial charge on any atom is -0.395 e. The summed E-state index contributed by atoms with van der Waals surface area (Å²) in [6, 6.07) is 40.3. The van der Waals surface area contributed by atoms with E-state index in [2.05, 4.69) is 36.9 Å². The van der Waals surface area contributed by atoms with E-state index in [1.807, 2.05) is 122 Å². The summed E-state index contributed by atoms with van der Waals surface area (Å²) >= 11 is 55.6. The molecule has 144 heavy (non-hydrogen) atoms. The molecule has 46 heteroatoms. The van der Waals surface area contributed by atoms with Gasteiger partial charge in [-0.15, -0.1) is 0 Å². The van der Waals surface area contributed by atoms with E-state index in [9.17, 15) is 58.6 Å². The number of nitrogen functional groups attached to an aromatic ring is 2. The number of pyridine rings is 2. The summed E-state index contributed by atoms with van der Waals surface area (Å²) < 4.78 is 7.99. The lowest BCUT2D eigenvalue weighted by atomic mass is 10.1. The Morgan fingerprint density at radius 1 is 0.424 bits per heavy atom. The number of carbonyl (C=O) groups is 8. The highest BCUT2D eigenvalue weighted by atomic mass is 35.5. The van der Waals surface area contributed by atoms with Gasteiger partial charge in [0.15, 0.2) is 0 Å². The van der Waals surface area contributed by atoms with Gasteiger partial charge in [-0.2, -0.15) is 0 Å². The van der Waals surface area contributed by atoms with Crippen LogP contribution in [0, 0.1) is 20.2 Å². The summed E-state index contributed by atoms with van der Waals surface area (Å²) in [5.41, 5.74) is 27.4. The molecule has 0 aliphatic carbocycles. The molecular formula is C98H105Cl9N24O13. The Kier molecular flexibility index (Phi) is 39.2. The highest BCUT2D eigenvalue weighted by molar-refractivity contribution is 6.39. The van der Waals surface area contributed by atoms with Crippen molar-refractivity contribution in [3.8, 4) is 44.5 Å². The topological polar surface area (TPSA) is 472 Å². The SMILES string of the molecule is CN(CCO)CC(=O)Nc1cn(CCCN2C(=O)c3ccccc3C2=O)cc1-c1ccc(Cl)cc1Cl.CN1CCN(c2cn(CCCN)cc2-c2ccc(Cl)cc2Cl)C(=O)C1.CN1CCN(c2cn(CCCN3C(=O)c4ccccc4C3=O)cc2-c2ccc(Cl)cc2Cl)C(=O)C1.CN1CCN(c2cn(CCCNc3ccc([N+](=O)[O-])c(N)n3)cc2-c2ccc(Cl)cc2Cl)C(=O)C1.NN.Nc1nc(Cl)ccc1[N+](=O)[O-]. The number of imide groups is 2. The first-order valence-electron chi connectivity index (χ1n) is 45.3. The zero-order valence-corrected chi connectivity index (χ0v) is 85.5. The Balaban J connectivity index is 0.000000165. The van der Waals surface area contributed by atoms with Crippen LogP contribution in [0.1, 0.15) is 67.1 Å². The lowest BCUT2D eigenvalue weighted by Crippen LogP contribution is -2.49. The standard InChI is InChI=1S/C26H26Cl2N4O4.C26H24Cl2N4O3.C23H25Cl2N7O3.C18H22Cl2N4O.C5H4ClN3O2.H4N2/c1-30(11-12-33)16-24(34)29-23-15-31(14-21(23)18-8-7-17(27)13-22(18)28)9-4-10-32-25(35)19-5-2-3-6-20(19)26(32)36;1-29-11-12-31(24(33)16-29)23-15-30(14-21(23)18-8-7-17(27)13-22(18)28)9-4-10-32-25(34)19-5-2-3-6-20(19)26(32)35;1-29-9-10-31(22(33)14-29)20-13-30(12-17(20)16-4-3-15(24)11-18(16)25)8-2-7-27-21-6-5-19(32(34)35)23(26)28-21;1-22-7-8-24(18(25)12-22)17-11-23(6-2-5-21)10-15(17)14-4-3-13(19)9-16(14)20;6-4-2-1-3(9(10)11)5(7)8-4;1-2/h2-3,5-8,13-15,33H,4,9-12,16H2,1H3,(H,29,34);2-3,5-8,13-15H,4,9-12,16H2,1H3;3-6,11-13H,2,7-10,14H2,1H3,(H3,26,27,28);3-4,9-11H,2,5-8,12,21H2,1H3;1-2H,(H2,7,8);1-2H2. The zero-order chi connectivity index (χ0) is 104. The summed E-state index contributed by atoms with van der Waals surface area (Å²) in [5, 5.41) is 40.6. The largest absolute Gasteiger partial charge is 0.395 e. The Labute approximate surface area is 874 Å². The third kappa shape index (κ3) is 27.9. The molecule has 0 radical (unpaired) electrons. The van der Waals surface area contributed by atoms with Crippen LogP contribution in [0.3, 0.4) is 0 Å². The van der Waals surface area contributed by atoms with Gasteiger partial charge in [0.2, 0.25) is 35.3 Å². The summed E-state index contributed by atoms with van der Waals surface area (Å²) in [7, 11) is 7.56. The first-order chi connectivity index (χ1) is 68.9. The number of fused-ring (bicyclic) bond motifs is 2. The number of anilines is 7. The van der Waals surface area contributed by atoms with Crippen LogP contribution >= 0.6 is 104 Å². The van der Waals surface area contributed by atoms with Crippen LogP contribution < -0.4 is 54.2 Å². The molecule has 5 aliphatic heterocycles. The number of hydrogen-bond acceptors (Lipinski definition) is 25. The van der Waals surface area contributed by atoms with Crippen molar-refractivity contribution in [2.45, 2.75) is 51.9 Å². The fraction of sp³-hybridized carbons (Fsp3) is 0.286. The number of likely N-dealkylation sites (N-methyl/N-ethyl adjacent to an activating group) is 4. The summed E-state index contributed by atoms with van der Waals surface area (Å²) in [4.78, 5) is 145. The summed E-state index contributed by atoms with van der Waals surface area (Å²) in [5.74, 6) is 7.02. The molecule has 0 unspecified atom stereocenters. The Hall–Kier alpha value is -12.6.